The molecule has 4 rings (SSSR count). The van der Waals surface area contributed by atoms with E-state index >= 15 is 0 Å². The second-order valence-electron chi connectivity index (χ2n) is 9.25. The fraction of sp³-hybridized carbons (Fsp3) is 0.520. The SMILES string of the molecule is COc1ccc(CN2C(=O)Cc3c(C)nc([C@@H]4CCCN(C(=O)CC(C)C)C4)nc32)cc1. The molecule has 3 heterocycles. The minimum atomic E-state index is 0.0442. The van der Waals surface area contributed by atoms with Gasteiger partial charge in [-0.05, 0) is 43.4 Å². The van der Waals surface area contributed by atoms with Gasteiger partial charge in [0.25, 0.3) is 0 Å². The molecule has 7 nitrogen and oxygen atoms in total. The topological polar surface area (TPSA) is 75.6 Å². The molecule has 32 heavy (non-hydrogen) atoms. The first-order valence-electron chi connectivity index (χ1n) is 11.4. The van der Waals surface area contributed by atoms with E-state index in [0.29, 0.717) is 31.8 Å². The van der Waals surface area contributed by atoms with E-state index in [4.69, 9.17) is 14.7 Å². The van der Waals surface area contributed by atoms with Crippen molar-refractivity contribution >= 4 is 17.6 Å². The summed E-state index contributed by atoms with van der Waals surface area (Å²) in [5.74, 6) is 2.95. The highest BCUT2D eigenvalue weighted by Crippen LogP contribution is 2.34. The molecule has 0 spiro atoms. The highest BCUT2D eigenvalue weighted by atomic mass is 16.5. The van der Waals surface area contributed by atoms with Crippen LogP contribution in [-0.4, -0.2) is 46.9 Å². The van der Waals surface area contributed by atoms with E-state index in [1.54, 1.807) is 12.0 Å². The van der Waals surface area contributed by atoms with Gasteiger partial charge in [0.1, 0.15) is 17.4 Å². The Balaban J connectivity index is 1.57. The van der Waals surface area contributed by atoms with Gasteiger partial charge in [-0.1, -0.05) is 26.0 Å². The Labute approximate surface area is 189 Å². The van der Waals surface area contributed by atoms with E-state index in [-0.39, 0.29) is 17.7 Å². The Bertz CT molecular complexity index is 1000. The fourth-order valence-electron chi connectivity index (χ4n) is 4.55. The molecule has 0 N–H and O–H groups in total. The van der Waals surface area contributed by atoms with Crippen LogP contribution in [0.1, 0.15) is 61.7 Å². The molecule has 0 saturated carbocycles. The molecule has 2 aromatic rings. The average Bonchev–Trinajstić information content (AvgIpc) is 3.09. The van der Waals surface area contributed by atoms with Crippen molar-refractivity contribution in [1.82, 2.24) is 14.9 Å². The first kappa shape index (κ1) is 22.2. The smallest absolute Gasteiger partial charge is 0.233 e. The molecule has 0 aliphatic carbocycles. The minimum Gasteiger partial charge on any atom is -0.497 e. The van der Waals surface area contributed by atoms with Gasteiger partial charge in [-0.15, -0.1) is 0 Å². The van der Waals surface area contributed by atoms with Gasteiger partial charge >= 0.3 is 0 Å². The lowest BCUT2D eigenvalue weighted by Gasteiger charge is -2.33. The molecule has 0 bridgehead atoms. The van der Waals surface area contributed by atoms with Crippen LogP contribution in [-0.2, 0) is 22.6 Å². The van der Waals surface area contributed by atoms with E-state index in [2.05, 4.69) is 13.8 Å². The number of benzene rings is 1. The Morgan fingerprint density at radius 3 is 2.66 bits per heavy atom. The average molecular weight is 437 g/mol. The van der Waals surface area contributed by atoms with Crippen molar-refractivity contribution < 1.29 is 14.3 Å². The van der Waals surface area contributed by atoms with Crippen LogP contribution < -0.4 is 9.64 Å². The van der Waals surface area contributed by atoms with E-state index in [0.717, 1.165) is 53.6 Å². The van der Waals surface area contributed by atoms with Crippen molar-refractivity contribution in [3.8, 4) is 5.75 Å². The maximum Gasteiger partial charge on any atom is 0.233 e. The van der Waals surface area contributed by atoms with Crippen molar-refractivity contribution in [1.29, 1.82) is 0 Å². The number of fused-ring (bicyclic) bond motifs is 1. The summed E-state index contributed by atoms with van der Waals surface area (Å²) in [6.07, 6.45) is 2.81. The zero-order valence-electron chi connectivity index (χ0n) is 19.4. The predicted octanol–water partition coefficient (Wildman–Crippen LogP) is 3.64. The third kappa shape index (κ3) is 4.61. The molecule has 1 saturated heterocycles. The Morgan fingerprint density at radius 2 is 1.97 bits per heavy atom. The summed E-state index contributed by atoms with van der Waals surface area (Å²) in [6, 6.07) is 7.74. The maximum absolute atomic E-state index is 12.8. The van der Waals surface area contributed by atoms with Crippen LogP contribution in [0, 0.1) is 12.8 Å². The Kier molecular flexibility index (Phi) is 6.44. The van der Waals surface area contributed by atoms with Crippen LogP contribution in [0.25, 0.3) is 0 Å². The molecular weight excluding hydrogens is 404 g/mol. The number of amides is 2. The zero-order valence-corrected chi connectivity index (χ0v) is 19.4. The number of nitrogens with zero attached hydrogens (tertiary/aromatic N) is 4. The second-order valence-corrected chi connectivity index (χ2v) is 9.25. The molecule has 0 unspecified atom stereocenters. The van der Waals surface area contributed by atoms with Crippen molar-refractivity contribution in [3.05, 3.63) is 46.9 Å². The summed E-state index contributed by atoms with van der Waals surface area (Å²) in [6.45, 7) is 8.01. The summed E-state index contributed by atoms with van der Waals surface area (Å²) < 4.78 is 5.23. The monoisotopic (exact) mass is 436 g/mol. The van der Waals surface area contributed by atoms with Crippen LogP contribution in [0.5, 0.6) is 5.75 Å². The highest BCUT2D eigenvalue weighted by Gasteiger charge is 2.34. The van der Waals surface area contributed by atoms with Crippen molar-refractivity contribution in [2.24, 2.45) is 5.92 Å². The van der Waals surface area contributed by atoms with Gasteiger partial charge in [0, 0.05) is 36.7 Å². The van der Waals surface area contributed by atoms with Crippen LogP contribution in [0.4, 0.5) is 5.82 Å². The summed E-state index contributed by atoms with van der Waals surface area (Å²) >= 11 is 0. The van der Waals surface area contributed by atoms with Crippen molar-refractivity contribution in [3.63, 3.8) is 0 Å². The van der Waals surface area contributed by atoms with Gasteiger partial charge in [0.15, 0.2) is 0 Å². The summed E-state index contributed by atoms with van der Waals surface area (Å²) in [7, 11) is 1.64. The highest BCUT2D eigenvalue weighted by molar-refractivity contribution is 6.00. The lowest BCUT2D eigenvalue weighted by Crippen LogP contribution is -2.40. The van der Waals surface area contributed by atoms with Gasteiger partial charge in [-0.25, -0.2) is 9.97 Å². The number of aromatic nitrogens is 2. The van der Waals surface area contributed by atoms with Crippen molar-refractivity contribution in [2.75, 3.05) is 25.1 Å². The number of likely N-dealkylation sites (tertiary alicyclic amines) is 1. The van der Waals surface area contributed by atoms with Crippen LogP contribution in [0.2, 0.25) is 0 Å². The molecule has 1 atom stereocenters. The van der Waals surface area contributed by atoms with Crippen LogP contribution in [0.3, 0.4) is 0 Å². The number of piperidine rings is 1. The maximum atomic E-state index is 12.8. The quantitative estimate of drug-likeness (QED) is 0.691. The number of hydrogen-bond donors (Lipinski definition) is 0. The summed E-state index contributed by atoms with van der Waals surface area (Å²) in [5, 5.41) is 0. The fourth-order valence-corrected chi connectivity index (χ4v) is 4.55. The van der Waals surface area contributed by atoms with Gasteiger partial charge in [-0.3, -0.25) is 14.5 Å². The number of carbonyl (C=O) groups excluding carboxylic acids is 2. The number of hydrogen-bond acceptors (Lipinski definition) is 5. The first-order chi connectivity index (χ1) is 15.4. The van der Waals surface area contributed by atoms with Gasteiger partial charge in [-0.2, -0.15) is 0 Å². The van der Waals surface area contributed by atoms with E-state index in [9.17, 15) is 9.59 Å². The van der Waals surface area contributed by atoms with Gasteiger partial charge < -0.3 is 9.64 Å². The summed E-state index contributed by atoms with van der Waals surface area (Å²) in [4.78, 5) is 38.8. The van der Waals surface area contributed by atoms with Crippen LogP contribution >= 0.6 is 0 Å². The largest absolute Gasteiger partial charge is 0.497 e. The molecule has 170 valence electrons. The lowest BCUT2D eigenvalue weighted by atomic mass is 9.96. The Morgan fingerprint density at radius 1 is 1.22 bits per heavy atom. The second kappa shape index (κ2) is 9.27. The number of anilines is 1. The Hall–Kier alpha value is -2.96. The molecule has 1 aromatic carbocycles. The van der Waals surface area contributed by atoms with Crippen LogP contribution in [0.15, 0.2) is 24.3 Å². The molecule has 2 aliphatic heterocycles. The molecule has 7 heteroatoms. The number of rotatable bonds is 6. The third-order valence-corrected chi connectivity index (χ3v) is 6.32. The standard InChI is InChI=1S/C25H32N4O3/c1-16(2)12-22(30)28-11-5-6-19(15-28)24-26-17(3)21-13-23(31)29(25(21)27-24)14-18-7-9-20(32-4)10-8-18/h7-10,16,19H,5-6,11-15H2,1-4H3/t19-/m1/s1. The molecular formula is C25H32N4O3. The van der Waals surface area contributed by atoms with Gasteiger partial charge in [0.05, 0.1) is 20.1 Å². The molecule has 0 radical (unpaired) electrons. The minimum absolute atomic E-state index is 0.0442. The number of carbonyl (C=O) groups is 2. The number of aryl methyl sites for hydroxylation is 1. The third-order valence-electron chi connectivity index (χ3n) is 6.32. The lowest BCUT2D eigenvalue weighted by molar-refractivity contribution is -0.133. The van der Waals surface area contributed by atoms with E-state index in [1.165, 1.54) is 0 Å². The van der Waals surface area contributed by atoms with E-state index < -0.39 is 0 Å². The number of ether oxygens (including phenoxy) is 1. The molecule has 2 amide bonds. The molecule has 2 aliphatic rings. The zero-order chi connectivity index (χ0) is 22.8. The normalized spacial score (nSPS) is 18.3. The number of methoxy groups -OCH3 is 1. The summed E-state index contributed by atoms with van der Waals surface area (Å²) in [5.41, 5.74) is 2.80. The van der Waals surface area contributed by atoms with Crippen molar-refractivity contribution in [2.45, 2.75) is 58.9 Å². The predicted molar refractivity (Wildman–Crippen MR) is 123 cm³/mol. The van der Waals surface area contributed by atoms with E-state index in [1.807, 2.05) is 36.1 Å². The molecule has 1 aromatic heterocycles. The molecule has 1 fully saturated rings. The first-order valence-corrected chi connectivity index (χ1v) is 11.4. The van der Waals surface area contributed by atoms with Gasteiger partial charge in [0.2, 0.25) is 11.8 Å².